The minimum absolute atomic E-state index is 0.235. The summed E-state index contributed by atoms with van der Waals surface area (Å²) in [6, 6.07) is 12.1. The number of hydrogen-bond acceptors (Lipinski definition) is 4. The molecule has 1 aliphatic heterocycles. The van der Waals surface area contributed by atoms with Crippen LogP contribution < -0.4 is 20.7 Å². The van der Waals surface area contributed by atoms with Crippen LogP contribution in [0.5, 0.6) is 11.5 Å². The molecule has 3 rings (SSSR count). The van der Waals surface area contributed by atoms with Crippen LogP contribution in [0.4, 0.5) is 4.39 Å². The Morgan fingerprint density at radius 2 is 2.00 bits per heavy atom. The molecule has 3 N–H and O–H groups in total. The highest BCUT2D eigenvalue weighted by molar-refractivity contribution is 5.41. The first kappa shape index (κ1) is 13.9. The average Bonchev–Trinajstić information content (AvgIpc) is 2.51. The molecule has 0 amide bonds. The molecule has 2 atom stereocenters. The standard InChI is InChI=1S/C16H17FN2O2/c1-10-8-11(6-7-12(10)17)16(19-18)15-9-20-13-4-2-3-5-14(13)21-15/h2-8,15-16,19H,9,18H2,1H3. The van der Waals surface area contributed by atoms with Crippen molar-refractivity contribution in [1.82, 2.24) is 5.43 Å². The molecule has 2 aromatic rings. The van der Waals surface area contributed by atoms with E-state index in [4.69, 9.17) is 15.3 Å². The van der Waals surface area contributed by atoms with E-state index < -0.39 is 0 Å². The molecule has 0 spiro atoms. The zero-order chi connectivity index (χ0) is 14.8. The van der Waals surface area contributed by atoms with Crippen molar-refractivity contribution in [2.75, 3.05) is 6.61 Å². The van der Waals surface area contributed by atoms with E-state index in [9.17, 15) is 4.39 Å². The third-order valence-corrected chi connectivity index (χ3v) is 3.62. The number of benzene rings is 2. The molecule has 0 aromatic heterocycles. The molecule has 2 unspecified atom stereocenters. The fraction of sp³-hybridized carbons (Fsp3) is 0.250. The van der Waals surface area contributed by atoms with E-state index in [0.717, 1.165) is 11.3 Å². The molecule has 5 heteroatoms. The highest BCUT2D eigenvalue weighted by Gasteiger charge is 2.29. The van der Waals surface area contributed by atoms with Crippen LogP contribution in [0.2, 0.25) is 0 Å². The predicted molar refractivity (Wildman–Crippen MR) is 77.6 cm³/mol. The van der Waals surface area contributed by atoms with E-state index in [1.165, 1.54) is 6.07 Å². The SMILES string of the molecule is Cc1cc(C(NN)C2COc3ccccc3O2)ccc1F. The van der Waals surface area contributed by atoms with Crippen molar-refractivity contribution in [3.8, 4) is 11.5 Å². The molecule has 110 valence electrons. The molecule has 0 radical (unpaired) electrons. The lowest BCUT2D eigenvalue weighted by atomic mass is 9.99. The number of hydrogen-bond donors (Lipinski definition) is 2. The first-order valence-electron chi connectivity index (χ1n) is 6.79. The summed E-state index contributed by atoms with van der Waals surface area (Å²) in [4.78, 5) is 0. The van der Waals surface area contributed by atoms with Crippen LogP contribution in [0, 0.1) is 12.7 Å². The van der Waals surface area contributed by atoms with Gasteiger partial charge in [0.15, 0.2) is 17.6 Å². The molecule has 0 aliphatic carbocycles. The smallest absolute Gasteiger partial charge is 0.161 e. The van der Waals surface area contributed by atoms with Crippen LogP contribution in [0.25, 0.3) is 0 Å². The summed E-state index contributed by atoms with van der Waals surface area (Å²) >= 11 is 0. The second kappa shape index (κ2) is 5.71. The zero-order valence-corrected chi connectivity index (χ0v) is 11.7. The molecule has 4 nitrogen and oxygen atoms in total. The van der Waals surface area contributed by atoms with E-state index in [-0.39, 0.29) is 18.0 Å². The van der Waals surface area contributed by atoms with Gasteiger partial charge >= 0.3 is 0 Å². The summed E-state index contributed by atoms with van der Waals surface area (Å²) in [6.45, 7) is 2.10. The van der Waals surface area contributed by atoms with Crippen molar-refractivity contribution in [2.45, 2.75) is 19.1 Å². The Hall–Kier alpha value is -2.11. The number of para-hydroxylation sites is 2. The van der Waals surface area contributed by atoms with Gasteiger partial charge in [0, 0.05) is 0 Å². The van der Waals surface area contributed by atoms with Gasteiger partial charge < -0.3 is 9.47 Å². The largest absolute Gasteiger partial charge is 0.486 e. The number of hydrazine groups is 1. The Labute approximate surface area is 122 Å². The first-order valence-corrected chi connectivity index (χ1v) is 6.79. The minimum Gasteiger partial charge on any atom is -0.486 e. The van der Waals surface area contributed by atoms with E-state index >= 15 is 0 Å². The van der Waals surface area contributed by atoms with Crippen LogP contribution in [0.15, 0.2) is 42.5 Å². The van der Waals surface area contributed by atoms with Crippen molar-refractivity contribution in [2.24, 2.45) is 5.84 Å². The quantitative estimate of drug-likeness (QED) is 0.673. The Morgan fingerprint density at radius 1 is 1.24 bits per heavy atom. The highest BCUT2D eigenvalue weighted by atomic mass is 19.1. The maximum absolute atomic E-state index is 13.4. The lowest BCUT2D eigenvalue weighted by Gasteiger charge is -2.32. The molecule has 21 heavy (non-hydrogen) atoms. The number of nitrogens with one attached hydrogen (secondary N) is 1. The van der Waals surface area contributed by atoms with Crippen molar-refractivity contribution in [1.29, 1.82) is 0 Å². The predicted octanol–water partition coefficient (Wildman–Crippen LogP) is 2.48. The number of ether oxygens (including phenoxy) is 2. The summed E-state index contributed by atoms with van der Waals surface area (Å²) in [5.41, 5.74) is 4.18. The minimum atomic E-state index is -0.283. The summed E-state index contributed by atoms with van der Waals surface area (Å²) in [5, 5.41) is 0. The third-order valence-electron chi connectivity index (χ3n) is 3.62. The van der Waals surface area contributed by atoms with Crippen LogP contribution >= 0.6 is 0 Å². The Balaban J connectivity index is 1.86. The van der Waals surface area contributed by atoms with E-state index in [2.05, 4.69) is 5.43 Å². The molecule has 1 aliphatic rings. The fourth-order valence-electron chi connectivity index (χ4n) is 2.48. The Morgan fingerprint density at radius 3 is 2.71 bits per heavy atom. The second-order valence-electron chi connectivity index (χ2n) is 5.07. The normalized spacial score (nSPS) is 18.3. The van der Waals surface area contributed by atoms with Gasteiger partial charge in [0.05, 0.1) is 6.04 Å². The number of halogens is 1. The zero-order valence-electron chi connectivity index (χ0n) is 11.7. The molecule has 0 saturated carbocycles. The molecule has 2 aromatic carbocycles. The molecule has 0 fully saturated rings. The number of aryl methyl sites for hydroxylation is 1. The van der Waals surface area contributed by atoms with Gasteiger partial charge in [-0.3, -0.25) is 5.84 Å². The summed E-state index contributed by atoms with van der Waals surface area (Å²) in [7, 11) is 0. The molecule has 0 saturated heterocycles. The first-order chi connectivity index (χ1) is 10.2. The van der Waals surface area contributed by atoms with E-state index in [1.54, 1.807) is 19.1 Å². The van der Waals surface area contributed by atoms with E-state index in [1.807, 2.05) is 24.3 Å². The van der Waals surface area contributed by atoms with Crippen molar-refractivity contribution in [3.63, 3.8) is 0 Å². The molecular weight excluding hydrogens is 271 g/mol. The monoisotopic (exact) mass is 288 g/mol. The van der Waals surface area contributed by atoms with Gasteiger partial charge in [-0.2, -0.15) is 0 Å². The molecule has 0 bridgehead atoms. The maximum atomic E-state index is 13.4. The van der Waals surface area contributed by atoms with Gasteiger partial charge in [0.1, 0.15) is 12.4 Å². The summed E-state index contributed by atoms with van der Waals surface area (Å²) in [5.74, 6) is 6.84. The van der Waals surface area contributed by atoms with Crippen LogP contribution in [-0.4, -0.2) is 12.7 Å². The van der Waals surface area contributed by atoms with Crippen LogP contribution in [0.3, 0.4) is 0 Å². The van der Waals surface area contributed by atoms with Crippen molar-refractivity contribution in [3.05, 3.63) is 59.4 Å². The average molecular weight is 288 g/mol. The summed E-state index contributed by atoms with van der Waals surface area (Å²) in [6.07, 6.45) is -0.283. The van der Waals surface area contributed by atoms with Crippen molar-refractivity contribution < 1.29 is 13.9 Å². The van der Waals surface area contributed by atoms with Gasteiger partial charge in [-0.05, 0) is 36.2 Å². The molecule has 1 heterocycles. The Kier molecular flexibility index (Phi) is 3.77. The van der Waals surface area contributed by atoms with Crippen molar-refractivity contribution >= 4 is 0 Å². The highest BCUT2D eigenvalue weighted by Crippen LogP contribution is 2.34. The maximum Gasteiger partial charge on any atom is 0.161 e. The van der Waals surface area contributed by atoms with Crippen LogP contribution in [-0.2, 0) is 0 Å². The van der Waals surface area contributed by atoms with Gasteiger partial charge in [-0.1, -0.05) is 24.3 Å². The lowest BCUT2D eigenvalue weighted by Crippen LogP contribution is -2.44. The van der Waals surface area contributed by atoms with Gasteiger partial charge in [0.25, 0.3) is 0 Å². The fourth-order valence-corrected chi connectivity index (χ4v) is 2.48. The summed E-state index contributed by atoms with van der Waals surface area (Å²) < 4.78 is 25.0. The van der Waals surface area contributed by atoms with Gasteiger partial charge in [0.2, 0.25) is 0 Å². The van der Waals surface area contributed by atoms with Gasteiger partial charge in [-0.15, -0.1) is 0 Å². The topological polar surface area (TPSA) is 56.5 Å². The van der Waals surface area contributed by atoms with Gasteiger partial charge in [-0.25, -0.2) is 9.82 Å². The lowest BCUT2D eigenvalue weighted by molar-refractivity contribution is 0.0616. The number of nitrogens with two attached hydrogens (primary N) is 1. The number of fused-ring (bicyclic) bond motifs is 1. The molecular formula is C16H17FN2O2. The third kappa shape index (κ3) is 2.70. The Bertz CT molecular complexity index is 648. The van der Waals surface area contributed by atoms with Crippen LogP contribution in [0.1, 0.15) is 17.2 Å². The van der Waals surface area contributed by atoms with E-state index in [0.29, 0.717) is 17.9 Å². The number of rotatable bonds is 3. The second-order valence-corrected chi connectivity index (χ2v) is 5.07.